The number of primary amides is 1. The second kappa shape index (κ2) is 8.97. The van der Waals surface area contributed by atoms with Crippen LogP contribution < -0.4 is 11.1 Å². The lowest BCUT2D eigenvalue weighted by Crippen LogP contribution is -2.19. The molecule has 1 aliphatic rings. The summed E-state index contributed by atoms with van der Waals surface area (Å²) in [6.07, 6.45) is 6.44. The number of likely N-dealkylation sites (N-methyl/N-ethyl adjacent to an activating group) is 1. The SMILES string of the molecule is Cc1cc(C(N)=O)c(Nc2cc(-c3ccc4ccn(C)c4c3)c3nccnc3c2)c(C2CCN(C)C2)n1. The molecule has 0 aliphatic carbocycles. The molecule has 8 nitrogen and oxygen atoms in total. The molecule has 1 saturated heterocycles. The lowest BCUT2D eigenvalue weighted by Gasteiger charge is -2.20. The second-order valence-corrected chi connectivity index (χ2v) is 9.96. The molecule has 3 aromatic heterocycles. The third-order valence-electron chi connectivity index (χ3n) is 7.26. The van der Waals surface area contributed by atoms with Gasteiger partial charge in [0.25, 0.3) is 5.91 Å². The molecular weight excluding hydrogens is 462 g/mol. The fourth-order valence-corrected chi connectivity index (χ4v) is 5.42. The van der Waals surface area contributed by atoms with E-state index in [2.05, 4.69) is 68.3 Å². The lowest BCUT2D eigenvalue weighted by molar-refractivity contribution is 0.100. The summed E-state index contributed by atoms with van der Waals surface area (Å²) in [5.41, 5.74) is 14.2. The predicted octanol–water partition coefficient (Wildman–Crippen LogP) is 4.75. The van der Waals surface area contributed by atoms with Crippen LogP contribution in [0.5, 0.6) is 0 Å². The van der Waals surface area contributed by atoms with Crippen molar-refractivity contribution in [2.75, 3.05) is 25.5 Å². The zero-order chi connectivity index (χ0) is 25.7. The van der Waals surface area contributed by atoms with Crippen molar-refractivity contribution in [2.24, 2.45) is 12.8 Å². The van der Waals surface area contributed by atoms with Crippen LogP contribution in [0.4, 0.5) is 11.4 Å². The number of aryl methyl sites for hydroxylation is 2. The molecule has 3 N–H and O–H groups in total. The molecule has 6 rings (SSSR count). The highest BCUT2D eigenvalue weighted by Crippen LogP contribution is 2.37. The first-order valence-electron chi connectivity index (χ1n) is 12.4. The Morgan fingerprint density at radius 3 is 2.70 bits per heavy atom. The molecular formula is C29H29N7O. The minimum atomic E-state index is -0.476. The number of nitrogens with two attached hydrogens (primary N) is 1. The van der Waals surface area contributed by atoms with Gasteiger partial charge in [0.1, 0.15) is 0 Å². The quantitative estimate of drug-likeness (QED) is 0.368. The summed E-state index contributed by atoms with van der Waals surface area (Å²) in [5, 5.41) is 4.71. The minimum Gasteiger partial charge on any atom is -0.366 e. The van der Waals surface area contributed by atoms with Gasteiger partial charge in [-0.2, -0.15) is 0 Å². The second-order valence-electron chi connectivity index (χ2n) is 9.96. The Kier molecular flexibility index (Phi) is 5.61. The number of nitrogens with zero attached hydrogens (tertiary/aromatic N) is 5. The molecule has 0 radical (unpaired) electrons. The van der Waals surface area contributed by atoms with Crippen LogP contribution >= 0.6 is 0 Å². The fourth-order valence-electron chi connectivity index (χ4n) is 5.42. The van der Waals surface area contributed by atoms with Crippen molar-refractivity contribution in [3.8, 4) is 11.1 Å². The minimum absolute atomic E-state index is 0.213. The monoisotopic (exact) mass is 491 g/mol. The zero-order valence-electron chi connectivity index (χ0n) is 21.2. The third-order valence-corrected chi connectivity index (χ3v) is 7.26. The first kappa shape index (κ1) is 23.1. The number of amides is 1. The van der Waals surface area contributed by atoms with Gasteiger partial charge in [-0.05, 0) is 68.2 Å². The Balaban J connectivity index is 1.52. The van der Waals surface area contributed by atoms with Crippen LogP contribution in [0.1, 0.15) is 34.1 Å². The van der Waals surface area contributed by atoms with Gasteiger partial charge >= 0.3 is 0 Å². The summed E-state index contributed by atoms with van der Waals surface area (Å²) in [6, 6.07) is 14.3. The number of pyridine rings is 1. The number of carbonyl (C=O) groups is 1. The maximum atomic E-state index is 12.5. The Hall–Kier alpha value is -4.30. The number of aromatic nitrogens is 4. The van der Waals surface area contributed by atoms with Gasteiger partial charge in [0.15, 0.2) is 0 Å². The van der Waals surface area contributed by atoms with E-state index in [9.17, 15) is 4.79 Å². The first-order valence-corrected chi connectivity index (χ1v) is 12.4. The molecule has 5 aromatic rings. The average Bonchev–Trinajstić information content (AvgIpc) is 3.49. The van der Waals surface area contributed by atoms with Gasteiger partial charge in [-0.1, -0.05) is 12.1 Å². The van der Waals surface area contributed by atoms with Crippen LogP contribution in [0.25, 0.3) is 33.1 Å². The van der Waals surface area contributed by atoms with Crippen molar-refractivity contribution in [2.45, 2.75) is 19.3 Å². The Morgan fingerprint density at radius 2 is 1.92 bits per heavy atom. The number of nitrogens with one attached hydrogen (secondary N) is 1. The van der Waals surface area contributed by atoms with Crippen LogP contribution in [-0.4, -0.2) is 50.5 Å². The van der Waals surface area contributed by atoms with Crippen molar-refractivity contribution in [1.82, 2.24) is 24.4 Å². The van der Waals surface area contributed by atoms with Crippen LogP contribution in [0.15, 0.2) is 61.1 Å². The van der Waals surface area contributed by atoms with Crippen LogP contribution in [-0.2, 0) is 7.05 Å². The highest BCUT2D eigenvalue weighted by atomic mass is 16.1. The molecule has 1 unspecified atom stereocenters. The van der Waals surface area contributed by atoms with Gasteiger partial charge in [-0.25, -0.2) is 0 Å². The fraction of sp³-hybridized carbons (Fsp3) is 0.241. The molecule has 8 heteroatoms. The van der Waals surface area contributed by atoms with Crippen molar-refractivity contribution < 1.29 is 4.79 Å². The van der Waals surface area contributed by atoms with Crippen molar-refractivity contribution in [3.63, 3.8) is 0 Å². The molecule has 4 heterocycles. The van der Waals surface area contributed by atoms with Crippen LogP contribution in [0.2, 0.25) is 0 Å². The van der Waals surface area contributed by atoms with E-state index in [1.54, 1.807) is 18.5 Å². The van der Waals surface area contributed by atoms with E-state index in [0.717, 1.165) is 64.3 Å². The van der Waals surface area contributed by atoms with E-state index in [4.69, 9.17) is 10.7 Å². The van der Waals surface area contributed by atoms with Gasteiger partial charge in [0.2, 0.25) is 0 Å². The standard InChI is InChI=1S/C29H29N7O/c1-17-12-23(29(30)37)28(26(33-17)20-6-10-35(2)16-20)34-21-14-22(27-24(15-21)31-8-9-32-27)19-5-4-18-7-11-36(3)25(18)13-19/h4-5,7-9,11-15,20,34H,6,10,16H2,1-3H3,(H2,30,37). The molecule has 0 saturated carbocycles. The smallest absolute Gasteiger partial charge is 0.250 e. The van der Waals surface area contributed by atoms with Gasteiger partial charge in [-0.15, -0.1) is 0 Å². The topological polar surface area (TPSA) is 102 Å². The van der Waals surface area contributed by atoms with E-state index < -0.39 is 5.91 Å². The predicted molar refractivity (Wildman–Crippen MR) is 147 cm³/mol. The first-order chi connectivity index (χ1) is 17.9. The maximum absolute atomic E-state index is 12.5. The van der Waals surface area contributed by atoms with Gasteiger partial charge in [-0.3, -0.25) is 19.7 Å². The van der Waals surface area contributed by atoms with E-state index in [0.29, 0.717) is 11.3 Å². The van der Waals surface area contributed by atoms with Crippen molar-refractivity contribution >= 4 is 39.2 Å². The zero-order valence-corrected chi connectivity index (χ0v) is 21.2. The number of benzene rings is 2. The van der Waals surface area contributed by atoms with E-state index in [1.165, 1.54) is 5.39 Å². The molecule has 1 fully saturated rings. The van der Waals surface area contributed by atoms with Crippen molar-refractivity contribution in [1.29, 1.82) is 0 Å². The van der Waals surface area contributed by atoms with Crippen LogP contribution in [0.3, 0.4) is 0 Å². The highest BCUT2D eigenvalue weighted by molar-refractivity contribution is 6.01. The number of hydrogen-bond donors (Lipinski definition) is 2. The van der Waals surface area contributed by atoms with E-state index in [-0.39, 0.29) is 5.92 Å². The van der Waals surface area contributed by atoms with Gasteiger partial charge in [0, 0.05) is 60.6 Å². The summed E-state index contributed by atoms with van der Waals surface area (Å²) >= 11 is 0. The number of anilines is 2. The number of fused-ring (bicyclic) bond motifs is 2. The molecule has 0 bridgehead atoms. The summed E-state index contributed by atoms with van der Waals surface area (Å²) in [6.45, 7) is 3.78. The number of carbonyl (C=O) groups excluding carboxylic acids is 1. The number of rotatable bonds is 5. The summed E-state index contributed by atoms with van der Waals surface area (Å²) in [5.74, 6) is -0.263. The van der Waals surface area contributed by atoms with Crippen LogP contribution in [0, 0.1) is 6.92 Å². The molecule has 186 valence electrons. The average molecular weight is 492 g/mol. The maximum Gasteiger partial charge on any atom is 0.250 e. The molecule has 1 amide bonds. The Bertz CT molecular complexity index is 1670. The number of hydrogen-bond acceptors (Lipinski definition) is 6. The molecule has 1 atom stereocenters. The third kappa shape index (κ3) is 4.19. The van der Waals surface area contributed by atoms with E-state index in [1.807, 2.05) is 20.0 Å². The van der Waals surface area contributed by atoms with E-state index >= 15 is 0 Å². The molecule has 1 aliphatic heterocycles. The summed E-state index contributed by atoms with van der Waals surface area (Å²) < 4.78 is 2.11. The van der Waals surface area contributed by atoms with Gasteiger partial charge in [0.05, 0.1) is 28.0 Å². The molecule has 0 spiro atoms. The summed E-state index contributed by atoms with van der Waals surface area (Å²) in [7, 11) is 4.15. The van der Waals surface area contributed by atoms with Crippen molar-refractivity contribution in [3.05, 3.63) is 78.0 Å². The lowest BCUT2D eigenvalue weighted by atomic mass is 9.97. The molecule has 37 heavy (non-hydrogen) atoms. The normalized spacial score (nSPS) is 16.0. The number of likely N-dealkylation sites (tertiary alicyclic amines) is 1. The Morgan fingerprint density at radius 1 is 1.08 bits per heavy atom. The molecule has 2 aromatic carbocycles. The Labute approximate surface area is 215 Å². The van der Waals surface area contributed by atoms with Gasteiger partial charge < -0.3 is 20.5 Å². The highest BCUT2D eigenvalue weighted by Gasteiger charge is 2.28. The largest absolute Gasteiger partial charge is 0.366 e. The summed E-state index contributed by atoms with van der Waals surface area (Å²) in [4.78, 5) is 29.0.